The molecule has 0 heterocycles. The van der Waals surface area contributed by atoms with E-state index in [1.807, 2.05) is 18.2 Å². The third-order valence-corrected chi connectivity index (χ3v) is 1.89. The molecular formula is C11H11BrO3. The molecule has 1 unspecified atom stereocenters. The molecule has 0 amide bonds. The molecule has 0 aliphatic carbocycles. The van der Waals surface area contributed by atoms with Crippen molar-refractivity contribution in [1.82, 2.24) is 0 Å². The molecule has 0 spiro atoms. The van der Waals surface area contributed by atoms with E-state index in [4.69, 9.17) is 9.47 Å². The molecule has 0 saturated carbocycles. The van der Waals surface area contributed by atoms with Crippen molar-refractivity contribution < 1.29 is 14.3 Å². The average molecular weight is 271 g/mol. The molecule has 1 aromatic carbocycles. The zero-order valence-corrected chi connectivity index (χ0v) is 9.86. The Hall–Kier alpha value is -1.29. The fourth-order valence-corrected chi connectivity index (χ4v) is 1.20. The Morgan fingerprint density at radius 1 is 1.40 bits per heavy atom. The predicted molar refractivity (Wildman–Crippen MR) is 60.7 cm³/mol. The van der Waals surface area contributed by atoms with Crippen LogP contribution in [0.25, 0.3) is 0 Å². The van der Waals surface area contributed by atoms with Gasteiger partial charge in [0.05, 0.1) is 0 Å². The number of hydrogen-bond acceptors (Lipinski definition) is 3. The molecule has 0 bridgehead atoms. The topological polar surface area (TPSA) is 35.5 Å². The van der Waals surface area contributed by atoms with Gasteiger partial charge in [-0.15, -0.1) is 0 Å². The van der Waals surface area contributed by atoms with Crippen LogP contribution in [-0.4, -0.2) is 11.2 Å². The number of para-hydroxylation sites is 1. The van der Waals surface area contributed by atoms with Gasteiger partial charge in [-0.05, 0) is 19.1 Å². The first-order valence-corrected chi connectivity index (χ1v) is 5.23. The number of hydrogen-bond donors (Lipinski definition) is 0. The van der Waals surface area contributed by atoms with E-state index in [1.165, 1.54) is 0 Å². The number of halogens is 1. The Labute approximate surface area is 96.8 Å². The molecule has 0 aliphatic rings. The van der Waals surface area contributed by atoms with E-state index in [2.05, 4.69) is 22.5 Å². The maximum absolute atomic E-state index is 11.1. The van der Waals surface area contributed by atoms with E-state index in [0.717, 1.165) is 0 Å². The molecule has 1 rings (SSSR count). The highest BCUT2D eigenvalue weighted by molar-refractivity contribution is 9.09. The summed E-state index contributed by atoms with van der Waals surface area (Å²) >= 11 is 3.08. The molecule has 0 saturated heterocycles. The Morgan fingerprint density at radius 3 is 2.53 bits per heavy atom. The van der Waals surface area contributed by atoms with E-state index < -0.39 is 11.2 Å². The molecule has 15 heavy (non-hydrogen) atoms. The van der Waals surface area contributed by atoms with Gasteiger partial charge < -0.3 is 9.47 Å². The minimum absolute atomic E-state index is 0.330. The van der Waals surface area contributed by atoms with Gasteiger partial charge in [-0.25, -0.2) is 4.79 Å². The number of carbonyl (C=O) groups is 1. The van der Waals surface area contributed by atoms with Crippen molar-refractivity contribution >= 4 is 21.9 Å². The van der Waals surface area contributed by atoms with Gasteiger partial charge in [0.15, 0.2) is 0 Å². The molecule has 0 N–H and O–H groups in total. The highest BCUT2D eigenvalue weighted by Gasteiger charge is 2.12. The fourth-order valence-electron chi connectivity index (χ4n) is 0.815. The van der Waals surface area contributed by atoms with Gasteiger partial charge in [-0.2, -0.15) is 0 Å². The average Bonchev–Trinajstić information content (AvgIpc) is 2.18. The molecule has 0 radical (unpaired) electrons. The molecule has 1 aromatic rings. The minimum atomic E-state index is -0.802. The Bertz CT molecular complexity index is 348. The third-order valence-electron chi connectivity index (χ3n) is 1.52. The van der Waals surface area contributed by atoms with Crippen molar-refractivity contribution in [1.29, 1.82) is 0 Å². The van der Waals surface area contributed by atoms with Crippen LogP contribution in [0.4, 0.5) is 0 Å². The standard InChI is InChI=1S/C11H11BrO3/c1-8(2)10(13)15-11(12)14-9-6-4-3-5-7-9/h3-7,11H,1H2,2H3. The molecule has 0 fully saturated rings. The minimum Gasteiger partial charge on any atom is -0.445 e. The predicted octanol–water partition coefficient (Wildman–Crippen LogP) is 2.86. The van der Waals surface area contributed by atoms with Crippen molar-refractivity contribution in [2.75, 3.05) is 0 Å². The highest BCUT2D eigenvalue weighted by Crippen LogP contribution is 2.15. The van der Waals surface area contributed by atoms with Crippen molar-refractivity contribution in [3.05, 3.63) is 42.5 Å². The van der Waals surface area contributed by atoms with Crippen molar-refractivity contribution in [3.63, 3.8) is 0 Å². The summed E-state index contributed by atoms with van der Waals surface area (Å²) in [5.41, 5.74) is 0.330. The van der Waals surface area contributed by atoms with Crippen molar-refractivity contribution in [2.45, 2.75) is 12.1 Å². The highest BCUT2D eigenvalue weighted by atomic mass is 79.9. The van der Waals surface area contributed by atoms with Gasteiger partial charge in [0, 0.05) is 21.5 Å². The Kier molecular flexibility index (Phi) is 4.37. The van der Waals surface area contributed by atoms with Crippen molar-refractivity contribution in [3.8, 4) is 5.75 Å². The van der Waals surface area contributed by atoms with Gasteiger partial charge in [-0.3, -0.25) is 0 Å². The molecule has 0 aliphatic heterocycles. The maximum Gasteiger partial charge on any atom is 0.336 e. The molecule has 0 aromatic heterocycles. The summed E-state index contributed by atoms with van der Waals surface area (Å²) in [6.07, 6.45) is 0. The zero-order chi connectivity index (χ0) is 11.3. The SMILES string of the molecule is C=C(C)C(=O)OC(Br)Oc1ccccc1. The Balaban J connectivity index is 2.46. The number of alkyl halides is 1. The smallest absolute Gasteiger partial charge is 0.336 e. The lowest BCUT2D eigenvalue weighted by atomic mass is 10.3. The summed E-state index contributed by atoms with van der Waals surface area (Å²) in [5.74, 6) is 0.127. The second kappa shape index (κ2) is 5.56. The first kappa shape index (κ1) is 11.8. The van der Waals surface area contributed by atoms with E-state index in [1.54, 1.807) is 19.1 Å². The summed E-state index contributed by atoms with van der Waals surface area (Å²) in [6, 6.07) is 9.06. The number of benzene rings is 1. The molecule has 80 valence electrons. The monoisotopic (exact) mass is 270 g/mol. The van der Waals surface area contributed by atoms with Crippen LogP contribution in [0.1, 0.15) is 6.92 Å². The second-order valence-corrected chi connectivity index (χ2v) is 3.64. The van der Waals surface area contributed by atoms with Crippen LogP contribution < -0.4 is 4.74 Å². The fraction of sp³-hybridized carbons (Fsp3) is 0.182. The number of carbonyl (C=O) groups excluding carboxylic acids is 1. The summed E-state index contributed by atoms with van der Waals surface area (Å²) in [6.45, 7) is 5.04. The maximum atomic E-state index is 11.1. The lowest BCUT2D eigenvalue weighted by Gasteiger charge is -2.13. The quantitative estimate of drug-likeness (QED) is 0.365. The first-order valence-electron chi connectivity index (χ1n) is 4.32. The van der Waals surface area contributed by atoms with E-state index in [9.17, 15) is 4.79 Å². The molecule has 3 nitrogen and oxygen atoms in total. The van der Waals surface area contributed by atoms with Crippen LogP contribution in [0, 0.1) is 0 Å². The van der Waals surface area contributed by atoms with Crippen molar-refractivity contribution in [2.24, 2.45) is 0 Å². The summed E-state index contributed by atoms with van der Waals surface area (Å²) in [4.78, 5) is 11.1. The lowest BCUT2D eigenvalue weighted by Crippen LogP contribution is -2.18. The normalized spacial score (nSPS) is 11.6. The lowest BCUT2D eigenvalue weighted by molar-refractivity contribution is -0.148. The Morgan fingerprint density at radius 2 is 2.00 bits per heavy atom. The van der Waals surface area contributed by atoms with Gasteiger partial charge in [0.1, 0.15) is 5.75 Å². The number of rotatable bonds is 4. The second-order valence-electron chi connectivity index (χ2n) is 2.89. The van der Waals surface area contributed by atoms with Crippen LogP contribution in [-0.2, 0) is 9.53 Å². The van der Waals surface area contributed by atoms with Gasteiger partial charge in [-0.1, -0.05) is 24.8 Å². The van der Waals surface area contributed by atoms with E-state index in [-0.39, 0.29) is 0 Å². The largest absolute Gasteiger partial charge is 0.445 e. The number of ether oxygens (including phenoxy) is 2. The summed E-state index contributed by atoms with van der Waals surface area (Å²) in [5, 5.41) is -0.802. The van der Waals surface area contributed by atoms with Crippen LogP contribution in [0.2, 0.25) is 0 Å². The summed E-state index contributed by atoms with van der Waals surface area (Å²) in [7, 11) is 0. The van der Waals surface area contributed by atoms with Gasteiger partial charge >= 0.3 is 11.2 Å². The van der Waals surface area contributed by atoms with E-state index in [0.29, 0.717) is 11.3 Å². The third kappa shape index (κ3) is 4.16. The van der Waals surface area contributed by atoms with E-state index >= 15 is 0 Å². The van der Waals surface area contributed by atoms with Gasteiger partial charge in [0.25, 0.3) is 0 Å². The van der Waals surface area contributed by atoms with Crippen LogP contribution in [0.5, 0.6) is 5.75 Å². The number of esters is 1. The first-order chi connectivity index (χ1) is 7.09. The van der Waals surface area contributed by atoms with Crippen LogP contribution in [0.15, 0.2) is 42.5 Å². The summed E-state index contributed by atoms with van der Waals surface area (Å²) < 4.78 is 10.1. The zero-order valence-electron chi connectivity index (χ0n) is 8.27. The molecule has 4 heteroatoms. The molecule has 1 atom stereocenters. The van der Waals surface area contributed by atoms with Crippen LogP contribution >= 0.6 is 15.9 Å². The van der Waals surface area contributed by atoms with Gasteiger partial charge in [0.2, 0.25) is 0 Å². The van der Waals surface area contributed by atoms with Crippen LogP contribution in [0.3, 0.4) is 0 Å². The molecular weight excluding hydrogens is 260 g/mol.